The molecule has 2 rings (SSSR count). The van der Waals surface area contributed by atoms with E-state index >= 15 is 0 Å². The molecule has 7 heteroatoms. The number of ether oxygens (including phenoxy) is 2. The van der Waals surface area contributed by atoms with E-state index in [0.29, 0.717) is 11.4 Å². The van der Waals surface area contributed by atoms with Gasteiger partial charge in [-0.2, -0.15) is 8.78 Å². The number of carbonyl (C=O) groups is 1. The lowest BCUT2D eigenvalue weighted by Gasteiger charge is -2.09. The summed E-state index contributed by atoms with van der Waals surface area (Å²) in [6.07, 6.45) is 2.96. The van der Waals surface area contributed by atoms with Crippen molar-refractivity contribution in [3.63, 3.8) is 0 Å². The third-order valence-corrected chi connectivity index (χ3v) is 3.51. The largest absolute Gasteiger partial charge is 0.496 e. The molecular formula is C18H16ClF2NO3. The van der Waals surface area contributed by atoms with Gasteiger partial charge in [0.05, 0.1) is 12.1 Å². The predicted molar refractivity (Wildman–Crippen MR) is 93.5 cm³/mol. The summed E-state index contributed by atoms with van der Waals surface area (Å²) in [6.45, 7) is -1.04. The summed E-state index contributed by atoms with van der Waals surface area (Å²) < 4.78 is 33.9. The van der Waals surface area contributed by atoms with Crippen LogP contribution in [0.3, 0.4) is 0 Å². The van der Waals surface area contributed by atoms with Crippen LogP contribution in [0.15, 0.2) is 42.5 Å². The second kappa shape index (κ2) is 8.48. The first-order valence-corrected chi connectivity index (χ1v) is 7.65. The lowest BCUT2D eigenvalue weighted by Crippen LogP contribution is -2.08. The van der Waals surface area contributed by atoms with Crippen molar-refractivity contribution in [1.29, 1.82) is 0 Å². The molecule has 0 radical (unpaired) electrons. The number of amides is 1. The van der Waals surface area contributed by atoms with Crippen LogP contribution in [0.4, 0.5) is 14.5 Å². The molecule has 0 unspecified atom stereocenters. The Labute approximate surface area is 149 Å². The van der Waals surface area contributed by atoms with E-state index in [2.05, 4.69) is 10.1 Å². The number of hydrogen-bond acceptors (Lipinski definition) is 3. The van der Waals surface area contributed by atoms with E-state index in [1.807, 2.05) is 25.1 Å². The maximum absolute atomic E-state index is 12.2. The Morgan fingerprint density at radius 3 is 2.56 bits per heavy atom. The van der Waals surface area contributed by atoms with Gasteiger partial charge in [-0.25, -0.2) is 0 Å². The molecule has 2 aromatic rings. The standard InChI is InChI=1S/C18H16ClF2NO3/c1-11-3-6-15(24-2)12(9-11)4-8-17(23)22-13-5-7-16(14(19)10-13)25-18(20)21/h3-10,18H,1-2H3,(H,22,23)/b8-4+. The lowest BCUT2D eigenvalue weighted by molar-refractivity contribution is -0.111. The summed E-state index contributed by atoms with van der Waals surface area (Å²) in [5.74, 6) is 0.0862. The summed E-state index contributed by atoms with van der Waals surface area (Å²) in [5.41, 5.74) is 2.15. The molecule has 0 aromatic heterocycles. The molecule has 0 aliphatic rings. The number of alkyl halides is 2. The van der Waals surface area contributed by atoms with Gasteiger partial charge in [0, 0.05) is 17.3 Å². The van der Waals surface area contributed by atoms with Gasteiger partial charge in [0.2, 0.25) is 5.91 Å². The number of benzene rings is 2. The second-order valence-corrected chi connectivity index (χ2v) is 5.50. The van der Waals surface area contributed by atoms with Crippen molar-refractivity contribution in [1.82, 2.24) is 0 Å². The lowest BCUT2D eigenvalue weighted by atomic mass is 10.1. The minimum atomic E-state index is -2.97. The number of methoxy groups -OCH3 is 1. The van der Waals surface area contributed by atoms with Crippen molar-refractivity contribution >= 4 is 29.3 Å². The van der Waals surface area contributed by atoms with Gasteiger partial charge >= 0.3 is 6.61 Å². The van der Waals surface area contributed by atoms with Gasteiger partial charge in [0.1, 0.15) is 11.5 Å². The molecule has 1 N–H and O–H groups in total. The highest BCUT2D eigenvalue weighted by molar-refractivity contribution is 6.32. The van der Waals surface area contributed by atoms with Crippen LogP contribution in [0.2, 0.25) is 5.02 Å². The van der Waals surface area contributed by atoms with Gasteiger partial charge in [0.25, 0.3) is 0 Å². The van der Waals surface area contributed by atoms with Crippen molar-refractivity contribution in [2.75, 3.05) is 12.4 Å². The zero-order valence-corrected chi connectivity index (χ0v) is 14.3. The molecule has 0 heterocycles. The van der Waals surface area contributed by atoms with Crippen LogP contribution in [0.1, 0.15) is 11.1 Å². The molecule has 25 heavy (non-hydrogen) atoms. The smallest absolute Gasteiger partial charge is 0.387 e. The van der Waals surface area contributed by atoms with Gasteiger partial charge in [-0.1, -0.05) is 23.2 Å². The van der Waals surface area contributed by atoms with Gasteiger partial charge in [-0.15, -0.1) is 0 Å². The third-order valence-electron chi connectivity index (χ3n) is 3.21. The van der Waals surface area contributed by atoms with Crippen molar-refractivity contribution in [2.24, 2.45) is 0 Å². The zero-order valence-electron chi connectivity index (χ0n) is 13.6. The molecule has 132 valence electrons. The van der Waals surface area contributed by atoms with Gasteiger partial charge in [-0.3, -0.25) is 4.79 Å². The average molecular weight is 368 g/mol. The third kappa shape index (κ3) is 5.46. The zero-order chi connectivity index (χ0) is 18.4. The highest BCUT2D eigenvalue weighted by atomic mass is 35.5. The van der Waals surface area contributed by atoms with Crippen molar-refractivity contribution in [3.8, 4) is 11.5 Å². The Balaban J connectivity index is 2.07. The van der Waals surface area contributed by atoms with Crippen molar-refractivity contribution < 1.29 is 23.0 Å². The Morgan fingerprint density at radius 1 is 1.20 bits per heavy atom. The molecule has 2 aromatic carbocycles. The van der Waals surface area contributed by atoms with Gasteiger partial charge in [0.15, 0.2) is 0 Å². The van der Waals surface area contributed by atoms with E-state index < -0.39 is 12.5 Å². The monoisotopic (exact) mass is 367 g/mol. The molecule has 0 bridgehead atoms. The van der Waals surface area contributed by atoms with Gasteiger partial charge < -0.3 is 14.8 Å². The first kappa shape index (κ1) is 18.7. The number of carbonyl (C=O) groups excluding carboxylic acids is 1. The maximum atomic E-state index is 12.2. The fourth-order valence-electron chi connectivity index (χ4n) is 2.10. The van der Waals surface area contributed by atoms with Crippen LogP contribution in [0.5, 0.6) is 11.5 Å². The Bertz CT molecular complexity index is 794. The van der Waals surface area contributed by atoms with Crippen LogP contribution in [-0.4, -0.2) is 19.6 Å². The summed E-state index contributed by atoms with van der Waals surface area (Å²) >= 11 is 5.84. The van der Waals surface area contributed by atoms with E-state index in [0.717, 1.165) is 11.1 Å². The van der Waals surface area contributed by atoms with E-state index in [1.165, 1.54) is 24.3 Å². The fourth-order valence-corrected chi connectivity index (χ4v) is 2.33. The number of rotatable bonds is 6. The topological polar surface area (TPSA) is 47.6 Å². The Kier molecular flexibility index (Phi) is 6.36. The van der Waals surface area contributed by atoms with E-state index in [1.54, 1.807) is 13.2 Å². The average Bonchev–Trinajstić information content (AvgIpc) is 2.55. The number of nitrogens with one attached hydrogen (secondary N) is 1. The molecule has 0 aliphatic heterocycles. The first-order chi connectivity index (χ1) is 11.9. The predicted octanol–water partition coefficient (Wildman–Crippen LogP) is 4.91. The second-order valence-electron chi connectivity index (χ2n) is 5.09. The molecule has 0 fully saturated rings. The van der Waals surface area contributed by atoms with Crippen LogP contribution >= 0.6 is 11.6 Å². The molecule has 0 saturated heterocycles. The quantitative estimate of drug-likeness (QED) is 0.738. The summed E-state index contributed by atoms with van der Waals surface area (Å²) in [6, 6.07) is 9.61. The van der Waals surface area contributed by atoms with Gasteiger partial charge in [-0.05, 0) is 43.3 Å². The molecule has 1 amide bonds. The maximum Gasteiger partial charge on any atom is 0.387 e. The van der Waals surface area contributed by atoms with Crippen LogP contribution < -0.4 is 14.8 Å². The molecule has 0 spiro atoms. The SMILES string of the molecule is COc1ccc(C)cc1/C=C/C(=O)Nc1ccc(OC(F)F)c(Cl)c1. The summed E-state index contributed by atoms with van der Waals surface area (Å²) in [5, 5.41) is 2.57. The normalized spacial score (nSPS) is 11.0. The molecular weight excluding hydrogens is 352 g/mol. The van der Waals surface area contributed by atoms with E-state index in [-0.39, 0.29) is 10.8 Å². The number of aryl methyl sites for hydroxylation is 1. The highest BCUT2D eigenvalue weighted by Crippen LogP contribution is 2.29. The first-order valence-electron chi connectivity index (χ1n) is 7.27. The summed E-state index contributed by atoms with van der Waals surface area (Å²) in [7, 11) is 1.55. The number of hydrogen-bond donors (Lipinski definition) is 1. The molecule has 0 aliphatic carbocycles. The van der Waals surface area contributed by atoms with E-state index in [9.17, 15) is 13.6 Å². The molecule has 0 saturated carbocycles. The van der Waals surface area contributed by atoms with Crippen LogP contribution in [0, 0.1) is 6.92 Å². The molecule has 4 nitrogen and oxygen atoms in total. The minimum absolute atomic E-state index is 0.0255. The van der Waals surface area contributed by atoms with E-state index in [4.69, 9.17) is 16.3 Å². The Morgan fingerprint density at radius 2 is 1.92 bits per heavy atom. The Hall–Kier alpha value is -2.60. The van der Waals surface area contributed by atoms with Crippen LogP contribution in [-0.2, 0) is 4.79 Å². The fraction of sp³-hybridized carbons (Fsp3) is 0.167. The number of halogens is 3. The number of anilines is 1. The highest BCUT2D eigenvalue weighted by Gasteiger charge is 2.09. The minimum Gasteiger partial charge on any atom is -0.496 e. The molecule has 0 atom stereocenters. The van der Waals surface area contributed by atoms with Crippen molar-refractivity contribution in [3.05, 3.63) is 58.6 Å². The van der Waals surface area contributed by atoms with Crippen molar-refractivity contribution in [2.45, 2.75) is 13.5 Å². The van der Waals surface area contributed by atoms with Crippen LogP contribution in [0.25, 0.3) is 6.08 Å². The summed E-state index contributed by atoms with van der Waals surface area (Å²) in [4.78, 5) is 12.0.